The maximum Gasteiger partial charge on any atom is 0.248 e. The third-order valence-electron chi connectivity index (χ3n) is 4.32. The van der Waals surface area contributed by atoms with Crippen molar-refractivity contribution in [3.8, 4) is 23.1 Å². The van der Waals surface area contributed by atoms with E-state index in [1.165, 1.54) is 24.8 Å². The highest BCUT2D eigenvalue weighted by Crippen LogP contribution is 2.25. The van der Waals surface area contributed by atoms with E-state index in [9.17, 15) is 4.39 Å². The zero-order chi connectivity index (χ0) is 22.9. The molecule has 0 amide bonds. The van der Waals surface area contributed by atoms with E-state index >= 15 is 0 Å². The molecule has 0 saturated carbocycles. The number of ether oxygens (including phenoxy) is 2. The Balaban J connectivity index is 1.43. The first-order chi connectivity index (χ1) is 15.1. The second-order valence-electron chi connectivity index (χ2n) is 7.00. The SMILES string of the molecule is [B]C([B])(F)C([B])([B])Oc1ccc(COc2cnc3oc(-c4cc(C)ncn4)nc3c2)nc1. The fraction of sp³-hybridized carbons (Fsp3) is 0.211. The fourth-order valence-electron chi connectivity index (χ4n) is 2.55. The van der Waals surface area contributed by atoms with Crippen LogP contribution in [0.2, 0.25) is 0 Å². The van der Waals surface area contributed by atoms with Crippen LogP contribution in [0.4, 0.5) is 4.39 Å². The third-order valence-corrected chi connectivity index (χ3v) is 4.32. The second-order valence-corrected chi connectivity index (χ2v) is 7.00. The van der Waals surface area contributed by atoms with Gasteiger partial charge < -0.3 is 13.9 Å². The molecule has 4 aromatic rings. The van der Waals surface area contributed by atoms with E-state index in [1.807, 2.05) is 6.92 Å². The lowest BCUT2D eigenvalue weighted by atomic mass is 9.43. The van der Waals surface area contributed by atoms with Crippen molar-refractivity contribution in [2.24, 2.45) is 0 Å². The zero-order valence-electron chi connectivity index (χ0n) is 16.9. The summed E-state index contributed by atoms with van der Waals surface area (Å²) in [5, 5.41) is -2.44. The maximum absolute atomic E-state index is 13.6. The number of aryl methyl sites for hydroxylation is 1. The molecule has 0 aliphatic carbocycles. The first-order valence-electron chi connectivity index (χ1n) is 9.27. The number of halogens is 1. The van der Waals surface area contributed by atoms with Gasteiger partial charge in [-0.25, -0.2) is 19.9 Å². The van der Waals surface area contributed by atoms with Gasteiger partial charge in [0.1, 0.15) is 67.0 Å². The highest BCUT2D eigenvalue weighted by atomic mass is 19.1. The van der Waals surface area contributed by atoms with Crippen LogP contribution in [-0.4, -0.2) is 67.2 Å². The summed E-state index contributed by atoms with van der Waals surface area (Å²) < 4.78 is 30.0. The summed E-state index contributed by atoms with van der Waals surface area (Å²) in [6.45, 7) is 1.96. The van der Waals surface area contributed by atoms with Crippen LogP contribution < -0.4 is 9.47 Å². The molecule has 4 heterocycles. The van der Waals surface area contributed by atoms with Gasteiger partial charge in [-0.2, -0.15) is 0 Å². The number of nitrogens with zero attached hydrogens (tertiary/aromatic N) is 5. The molecule has 8 nitrogen and oxygen atoms in total. The van der Waals surface area contributed by atoms with Crippen molar-refractivity contribution in [1.29, 1.82) is 0 Å². The average Bonchev–Trinajstić information content (AvgIpc) is 3.16. The van der Waals surface area contributed by atoms with Gasteiger partial charge >= 0.3 is 0 Å². The average molecular weight is 421 g/mol. The van der Waals surface area contributed by atoms with E-state index in [0.29, 0.717) is 34.3 Å². The molecule has 0 aliphatic heterocycles. The van der Waals surface area contributed by atoms with Gasteiger partial charge in [-0.3, -0.25) is 9.37 Å². The number of fused-ring (bicyclic) bond motifs is 1. The Morgan fingerprint density at radius 1 is 1.00 bits per heavy atom. The molecule has 0 bridgehead atoms. The summed E-state index contributed by atoms with van der Waals surface area (Å²) in [6.07, 6.45) is 4.22. The quantitative estimate of drug-likeness (QED) is 0.413. The topological polar surface area (TPSA) is 96.1 Å². The van der Waals surface area contributed by atoms with Crippen molar-refractivity contribution in [2.45, 2.75) is 24.4 Å². The number of rotatable bonds is 7. The third kappa shape index (κ3) is 4.76. The van der Waals surface area contributed by atoms with E-state index in [2.05, 4.69) is 24.9 Å². The lowest BCUT2D eigenvalue weighted by Gasteiger charge is -2.38. The van der Waals surface area contributed by atoms with Crippen molar-refractivity contribution in [3.63, 3.8) is 0 Å². The molecule has 0 aliphatic rings. The predicted molar refractivity (Wildman–Crippen MR) is 116 cm³/mol. The molecule has 0 saturated heterocycles. The molecule has 4 aromatic heterocycles. The van der Waals surface area contributed by atoms with Crippen molar-refractivity contribution < 1.29 is 18.3 Å². The normalized spacial score (nSPS) is 12.1. The number of oxazole rings is 1. The first-order valence-corrected chi connectivity index (χ1v) is 9.27. The van der Waals surface area contributed by atoms with Gasteiger partial charge in [-0.15, -0.1) is 0 Å². The van der Waals surface area contributed by atoms with Crippen molar-refractivity contribution in [3.05, 3.63) is 54.4 Å². The molecule has 0 atom stereocenters. The van der Waals surface area contributed by atoms with Gasteiger partial charge in [0.05, 0.1) is 23.6 Å². The molecule has 0 aromatic carbocycles. The molecule has 8 radical (unpaired) electrons. The Kier molecular flexibility index (Phi) is 5.66. The Labute approximate surface area is 188 Å². The molecule has 150 valence electrons. The number of pyridine rings is 2. The van der Waals surface area contributed by atoms with Crippen molar-refractivity contribution in [1.82, 2.24) is 24.9 Å². The van der Waals surface area contributed by atoms with Crippen LogP contribution in [0, 0.1) is 6.92 Å². The molecule has 13 heteroatoms. The van der Waals surface area contributed by atoms with Crippen LogP contribution >= 0.6 is 0 Å². The Bertz CT molecular complexity index is 1250. The zero-order valence-corrected chi connectivity index (χ0v) is 16.9. The minimum absolute atomic E-state index is 0.0786. The Morgan fingerprint density at radius 3 is 2.47 bits per heavy atom. The minimum atomic E-state index is -2.95. The molecular weight excluding hydrogens is 408 g/mol. The van der Waals surface area contributed by atoms with Crippen molar-refractivity contribution >= 4 is 42.6 Å². The smallest absolute Gasteiger partial charge is 0.248 e. The lowest BCUT2D eigenvalue weighted by molar-refractivity contribution is 0.149. The Hall–Kier alpha value is -3.36. The first kappa shape index (κ1) is 21.9. The van der Waals surface area contributed by atoms with E-state index in [4.69, 9.17) is 45.3 Å². The monoisotopic (exact) mass is 421 g/mol. The van der Waals surface area contributed by atoms with Crippen LogP contribution in [-0.2, 0) is 6.61 Å². The number of hydrogen-bond donors (Lipinski definition) is 0. The standard InChI is InChI=1S/C19H12B4FN5O3/c1-10-4-14(28-9-27-10)17-29-15-5-13(7-26-16(15)31-17)30-8-11-2-3-12(6-25-11)32-19(22,23)18(20,21)24/h2-7,9H,8H2,1H3. The summed E-state index contributed by atoms with van der Waals surface area (Å²) in [7, 11) is 21.0. The van der Waals surface area contributed by atoms with Crippen LogP contribution in [0.5, 0.6) is 11.5 Å². The summed E-state index contributed by atoms with van der Waals surface area (Å²) >= 11 is 0. The minimum Gasteiger partial charge on any atom is -0.504 e. The number of hydrogen-bond acceptors (Lipinski definition) is 8. The number of alkyl halides is 1. The molecule has 32 heavy (non-hydrogen) atoms. The summed E-state index contributed by atoms with van der Waals surface area (Å²) in [5.41, 5.74) is -0.214. The van der Waals surface area contributed by atoms with Gasteiger partial charge in [0, 0.05) is 17.2 Å². The van der Waals surface area contributed by atoms with Gasteiger partial charge in [0.15, 0.2) is 0 Å². The number of aromatic nitrogens is 5. The largest absolute Gasteiger partial charge is 0.504 e. The van der Waals surface area contributed by atoms with Crippen molar-refractivity contribution in [2.75, 3.05) is 0 Å². The lowest BCUT2D eigenvalue weighted by Crippen LogP contribution is -2.57. The van der Waals surface area contributed by atoms with Crippen LogP contribution in [0.15, 0.2) is 47.4 Å². The van der Waals surface area contributed by atoms with Gasteiger partial charge in [0.2, 0.25) is 11.6 Å². The molecule has 0 fully saturated rings. The predicted octanol–water partition coefficient (Wildman–Crippen LogP) is 1.29. The fourth-order valence-corrected chi connectivity index (χ4v) is 2.55. The summed E-state index contributed by atoms with van der Waals surface area (Å²) in [4.78, 5) is 21.0. The molecule has 0 unspecified atom stereocenters. The highest BCUT2D eigenvalue weighted by Gasteiger charge is 2.36. The highest BCUT2D eigenvalue weighted by molar-refractivity contribution is 6.53. The second kappa shape index (κ2) is 8.29. The van der Waals surface area contributed by atoms with E-state index in [1.54, 1.807) is 18.2 Å². The Morgan fingerprint density at radius 2 is 1.78 bits per heavy atom. The molecule has 0 spiro atoms. The maximum atomic E-state index is 13.6. The molecular formula is C19H12B4FN5O3. The van der Waals surface area contributed by atoms with E-state index in [0.717, 1.165) is 5.69 Å². The van der Waals surface area contributed by atoms with Gasteiger partial charge in [-0.05, 0) is 25.1 Å². The molecule has 0 N–H and O–H groups in total. The van der Waals surface area contributed by atoms with E-state index in [-0.39, 0.29) is 12.4 Å². The van der Waals surface area contributed by atoms with Crippen LogP contribution in [0.25, 0.3) is 22.8 Å². The van der Waals surface area contributed by atoms with E-state index < -0.39 is 10.9 Å². The molecule has 4 rings (SSSR count). The van der Waals surface area contributed by atoms with Gasteiger partial charge in [-0.1, -0.05) is 0 Å². The summed E-state index contributed by atoms with van der Waals surface area (Å²) in [5.74, 6) is 0.861. The van der Waals surface area contributed by atoms with Crippen LogP contribution in [0.3, 0.4) is 0 Å². The van der Waals surface area contributed by atoms with Gasteiger partial charge in [0.25, 0.3) is 0 Å². The summed E-state index contributed by atoms with van der Waals surface area (Å²) in [6, 6.07) is 6.49. The van der Waals surface area contributed by atoms with Crippen LogP contribution in [0.1, 0.15) is 11.4 Å².